The van der Waals surface area contributed by atoms with Crippen LogP contribution in [0, 0.1) is 0 Å². The first-order valence-corrected chi connectivity index (χ1v) is 6.81. The predicted octanol–water partition coefficient (Wildman–Crippen LogP) is 1.53. The normalized spacial score (nSPS) is 30.8. The maximum absolute atomic E-state index is 10.4. The van der Waals surface area contributed by atoms with Gasteiger partial charge >= 0.3 is 0 Å². The molecule has 2 rings (SSSR count). The number of hydrogen-bond donors (Lipinski definition) is 2. The summed E-state index contributed by atoms with van der Waals surface area (Å²) in [6, 6.07) is 0.503. The Labute approximate surface area is 98.5 Å². The molecule has 0 amide bonds. The van der Waals surface area contributed by atoms with Gasteiger partial charge in [0.05, 0.1) is 5.60 Å². The molecule has 1 heterocycles. The average molecular weight is 227 g/mol. The number of rotatable bonds is 4. The van der Waals surface area contributed by atoms with E-state index in [1.54, 1.807) is 0 Å². The summed E-state index contributed by atoms with van der Waals surface area (Å²) in [6.07, 6.45) is 8.87. The molecule has 0 aromatic carbocycles. The lowest BCUT2D eigenvalue weighted by atomic mass is 9.95. The zero-order chi connectivity index (χ0) is 11.4. The highest BCUT2D eigenvalue weighted by Gasteiger charge is 2.35. The molecule has 1 saturated heterocycles. The Morgan fingerprint density at radius 2 is 1.88 bits per heavy atom. The Morgan fingerprint density at radius 3 is 2.56 bits per heavy atom. The molecule has 2 fully saturated rings. The van der Waals surface area contributed by atoms with Gasteiger partial charge in [0.1, 0.15) is 0 Å². The molecule has 1 aliphatic heterocycles. The molecule has 1 unspecified atom stereocenters. The third-order valence-corrected chi connectivity index (χ3v) is 4.24. The summed E-state index contributed by atoms with van der Waals surface area (Å²) in [4.78, 5) is 2.42. The Hall–Kier alpha value is -0.120. The van der Waals surface area contributed by atoms with Crippen LogP contribution < -0.4 is 0 Å². The van der Waals surface area contributed by atoms with E-state index in [0.29, 0.717) is 6.04 Å². The number of aliphatic hydroxyl groups is 2. The highest BCUT2D eigenvalue weighted by molar-refractivity contribution is 4.90. The highest BCUT2D eigenvalue weighted by atomic mass is 16.3. The third kappa shape index (κ3) is 2.96. The van der Waals surface area contributed by atoms with Crippen LogP contribution in [-0.4, -0.2) is 46.5 Å². The monoisotopic (exact) mass is 227 g/mol. The largest absolute Gasteiger partial charge is 0.396 e. The molecular weight excluding hydrogens is 202 g/mol. The van der Waals surface area contributed by atoms with Crippen molar-refractivity contribution in [3.8, 4) is 0 Å². The minimum absolute atomic E-state index is 0.277. The highest BCUT2D eigenvalue weighted by Crippen LogP contribution is 2.32. The molecule has 0 radical (unpaired) electrons. The number of aliphatic hydroxyl groups excluding tert-OH is 1. The van der Waals surface area contributed by atoms with Crippen molar-refractivity contribution in [2.45, 2.75) is 63.0 Å². The number of likely N-dealkylation sites (tertiary alicyclic amines) is 1. The van der Waals surface area contributed by atoms with Gasteiger partial charge in [0.15, 0.2) is 0 Å². The Morgan fingerprint density at radius 1 is 1.12 bits per heavy atom. The molecule has 0 aromatic heterocycles. The molecule has 94 valence electrons. The van der Waals surface area contributed by atoms with Crippen LogP contribution in [-0.2, 0) is 0 Å². The van der Waals surface area contributed by atoms with Crippen molar-refractivity contribution in [1.82, 2.24) is 4.90 Å². The summed E-state index contributed by atoms with van der Waals surface area (Å²) in [5.41, 5.74) is -0.426. The van der Waals surface area contributed by atoms with E-state index in [-0.39, 0.29) is 6.61 Å². The second-order valence-corrected chi connectivity index (χ2v) is 5.56. The minimum atomic E-state index is -0.426. The van der Waals surface area contributed by atoms with Crippen molar-refractivity contribution in [2.24, 2.45) is 0 Å². The number of nitrogens with zero attached hydrogens (tertiary/aromatic N) is 1. The maximum atomic E-state index is 10.4. The Kier molecular flexibility index (Phi) is 4.22. The SMILES string of the molecule is OCCC1CCCCN1CC1(O)CCCC1. The second kappa shape index (κ2) is 5.48. The average Bonchev–Trinajstić information content (AvgIpc) is 2.68. The second-order valence-electron chi connectivity index (χ2n) is 5.56. The van der Waals surface area contributed by atoms with Crippen molar-refractivity contribution >= 4 is 0 Å². The van der Waals surface area contributed by atoms with Gasteiger partial charge in [-0.3, -0.25) is 4.90 Å². The van der Waals surface area contributed by atoms with Crippen LogP contribution in [0.5, 0.6) is 0 Å². The van der Waals surface area contributed by atoms with Gasteiger partial charge in [-0.2, -0.15) is 0 Å². The van der Waals surface area contributed by atoms with Crippen LogP contribution in [0.4, 0.5) is 0 Å². The van der Waals surface area contributed by atoms with Crippen molar-refractivity contribution in [1.29, 1.82) is 0 Å². The molecule has 1 saturated carbocycles. The summed E-state index contributed by atoms with van der Waals surface area (Å²) in [6.45, 7) is 2.21. The standard InChI is InChI=1S/C13H25NO2/c15-10-6-12-5-1-4-9-14(12)11-13(16)7-2-3-8-13/h12,15-16H,1-11H2. The lowest BCUT2D eigenvalue weighted by Crippen LogP contribution is -2.48. The quantitative estimate of drug-likeness (QED) is 0.765. The first kappa shape index (κ1) is 12.3. The van der Waals surface area contributed by atoms with Gasteiger partial charge in [-0.25, -0.2) is 0 Å². The molecule has 2 N–H and O–H groups in total. The summed E-state index contributed by atoms with van der Waals surface area (Å²) >= 11 is 0. The van der Waals surface area contributed by atoms with Crippen molar-refractivity contribution in [2.75, 3.05) is 19.7 Å². The van der Waals surface area contributed by atoms with E-state index in [2.05, 4.69) is 4.90 Å². The molecule has 1 aliphatic carbocycles. The van der Waals surface area contributed by atoms with Crippen LogP contribution in [0.3, 0.4) is 0 Å². The van der Waals surface area contributed by atoms with Crippen LogP contribution in [0.2, 0.25) is 0 Å². The van der Waals surface area contributed by atoms with E-state index in [4.69, 9.17) is 5.11 Å². The zero-order valence-corrected chi connectivity index (χ0v) is 10.2. The minimum Gasteiger partial charge on any atom is -0.396 e. The number of piperidine rings is 1. The predicted molar refractivity (Wildman–Crippen MR) is 64.3 cm³/mol. The van der Waals surface area contributed by atoms with E-state index in [9.17, 15) is 5.11 Å². The molecule has 16 heavy (non-hydrogen) atoms. The smallest absolute Gasteiger partial charge is 0.0774 e. The molecule has 0 spiro atoms. The van der Waals surface area contributed by atoms with E-state index in [1.807, 2.05) is 0 Å². The van der Waals surface area contributed by atoms with Gasteiger partial charge in [-0.05, 0) is 38.6 Å². The van der Waals surface area contributed by atoms with Gasteiger partial charge in [0, 0.05) is 19.2 Å². The molecule has 3 nitrogen and oxygen atoms in total. The molecule has 0 aromatic rings. The van der Waals surface area contributed by atoms with Crippen molar-refractivity contribution in [3.63, 3.8) is 0 Å². The van der Waals surface area contributed by atoms with Gasteiger partial charge in [0.25, 0.3) is 0 Å². The topological polar surface area (TPSA) is 43.7 Å². The molecule has 3 heteroatoms. The van der Waals surface area contributed by atoms with Gasteiger partial charge < -0.3 is 10.2 Å². The number of β-amino-alcohol motifs (C(OH)–C–C–N with tert-alkyl or cyclic N) is 1. The van der Waals surface area contributed by atoms with Crippen LogP contribution in [0.1, 0.15) is 51.4 Å². The molecule has 0 bridgehead atoms. The summed E-state index contributed by atoms with van der Waals surface area (Å²) in [7, 11) is 0. The summed E-state index contributed by atoms with van der Waals surface area (Å²) < 4.78 is 0. The van der Waals surface area contributed by atoms with Crippen LogP contribution in [0.25, 0.3) is 0 Å². The molecular formula is C13H25NO2. The van der Waals surface area contributed by atoms with Crippen molar-refractivity contribution < 1.29 is 10.2 Å². The zero-order valence-electron chi connectivity index (χ0n) is 10.2. The van der Waals surface area contributed by atoms with Gasteiger partial charge in [0.2, 0.25) is 0 Å². The third-order valence-electron chi connectivity index (χ3n) is 4.24. The fourth-order valence-corrected chi connectivity index (χ4v) is 3.31. The van der Waals surface area contributed by atoms with Crippen molar-refractivity contribution in [3.05, 3.63) is 0 Å². The fourth-order valence-electron chi connectivity index (χ4n) is 3.31. The van der Waals surface area contributed by atoms with Gasteiger partial charge in [-0.15, -0.1) is 0 Å². The molecule has 1 atom stereocenters. The Bertz CT molecular complexity index is 212. The van der Waals surface area contributed by atoms with E-state index in [1.165, 1.54) is 32.1 Å². The van der Waals surface area contributed by atoms with E-state index < -0.39 is 5.60 Å². The van der Waals surface area contributed by atoms with Crippen LogP contribution in [0.15, 0.2) is 0 Å². The first-order chi connectivity index (χ1) is 7.73. The Balaban J connectivity index is 1.89. The lowest BCUT2D eigenvalue weighted by molar-refractivity contribution is -0.0158. The van der Waals surface area contributed by atoms with Gasteiger partial charge in [-0.1, -0.05) is 19.3 Å². The first-order valence-electron chi connectivity index (χ1n) is 6.81. The summed E-state index contributed by atoms with van der Waals surface area (Å²) in [5, 5.41) is 19.5. The fraction of sp³-hybridized carbons (Fsp3) is 1.00. The lowest BCUT2D eigenvalue weighted by Gasteiger charge is -2.39. The summed E-state index contributed by atoms with van der Waals surface area (Å²) in [5.74, 6) is 0. The van der Waals surface area contributed by atoms with E-state index in [0.717, 1.165) is 32.4 Å². The molecule has 2 aliphatic rings. The maximum Gasteiger partial charge on any atom is 0.0774 e. The van der Waals surface area contributed by atoms with Crippen LogP contribution >= 0.6 is 0 Å². The number of hydrogen-bond acceptors (Lipinski definition) is 3. The van der Waals surface area contributed by atoms with E-state index >= 15 is 0 Å².